The van der Waals surface area contributed by atoms with E-state index < -0.39 is 11.4 Å². The minimum absolute atomic E-state index is 0.0969. The van der Waals surface area contributed by atoms with Gasteiger partial charge in [-0.3, -0.25) is 19.5 Å². The Labute approximate surface area is 144 Å². The van der Waals surface area contributed by atoms with Crippen molar-refractivity contribution in [1.82, 2.24) is 19.9 Å². The molecule has 2 heterocycles. The highest BCUT2D eigenvalue weighted by Crippen LogP contribution is 2.36. The van der Waals surface area contributed by atoms with Crippen molar-refractivity contribution in [2.75, 3.05) is 6.54 Å². The number of nitrogens with one attached hydrogen (secondary N) is 2. The lowest BCUT2D eigenvalue weighted by Gasteiger charge is -2.33. The number of fused-ring (bicyclic) bond motifs is 1. The first kappa shape index (κ1) is 17.2. The Balaban J connectivity index is 1.72. The third-order valence-corrected chi connectivity index (χ3v) is 5.07. The summed E-state index contributed by atoms with van der Waals surface area (Å²) in [4.78, 5) is 40.7. The van der Waals surface area contributed by atoms with Crippen molar-refractivity contribution in [3.05, 3.63) is 33.9 Å². The molecule has 3 N–H and O–H groups in total. The van der Waals surface area contributed by atoms with Crippen LogP contribution in [0.2, 0.25) is 0 Å². The van der Waals surface area contributed by atoms with Crippen molar-refractivity contribution in [3.8, 4) is 0 Å². The van der Waals surface area contributed by atoms with Gasteiger partial charge in [0.25, 0.3) is 5.56 Å². The van der Waals surface area contributed by atoms with Crippen LogP contribution in [0, 0.1) is 12.3 Å². The number of carboxylic acid groups (broad SMARTS) is 1. The molecule has 0 radical (unpaired) electrons. The summed E-state index contributed by atoms with van der Waals surface area (Å²) < 4.78 is 1.29. The second-order valence-corrected chi connectivity index (χ2v) is 6.74. The molecule has 1 fully saturated rings. The van der Waals surface area contributed by atoms with E-state index in [1.807, 2.05) is 0 Å². The van der Waals surface area contributed by atoms with Crippen molar-refractivity contribution in [2.45, 2.75) is 45.4 Å². The number of aromatic nitrogens is 3. The maximum Gasteiger partial charge on any atom is 0.311 e. The van der Waals surface area contributed by atoms with Crippen LogP contribution in [0.25, 0.3) is 5.65 Å². The maximum absolute atomic E-state index is 12.4. The van der Waals surface area contributed by atoms with Crippen molar-refractivity contribution in [1.29, 1.82) is 0 Å². The fourth-order valence-corrected chi connectivity index (χ4v) is 3.50. The highest BCUT2D eigenvalue weighted by Gasteiger charge is 2.39. The number of hydrogen-bond acceptors (Lipinski definition) is 4. The van der Waals surface area contributed by atoms with Gasteiger partial charge in [-0.25, -0.2) is 9.50 Å². The third kappa shape index (κ3) is 3.29. The van der Waals surface area contributed by atoms with E-state index in [0.717, 1.165) is 19.3 Å². The molecule has 3 rings (SSSR count). The van der Waals surface area contributed by atoms with Crippen LogP contribution in [-0.2, 0) is 16.0 Å². The lowest BCUT2D eigenvalue weighted by Crippen LogP contribution is -2.45. The van der Waals surface area contributed by atoms with Gasteiger partial charge in [0, 0.05) is 30.1 Å². The molecule has 2 aromatic heterocycles. The molecule has 1 saturated carbocycles. The number of aliphatic carboxylic acids is 1. The average Bonchev–Trinajstić information content (AvgIpc) is 3.06. The largest absolute Gasteiger partial charge is 0.481 e. The molecule has 1 amide bonds. The van der Waals surface area contributed by atoms with Crippen LogP contribution in [0.3, 0.4) is 0 Å². The molecule has 25 heavy (non-hydrogen) atoms. The minimum atomic E-state index is -0.889. The molecule has 0 saturated heterocycles. The Morgan fingerprint density at radius 1 is 1.36 bits per heavy atom. The molecule has 1 aliphatic carbocycles. The number of nitrogens with zero attached hydrogens (tertiary/aromatic N) is 2. The SMILES string of the molecule is Cc1nc2cc[nH]n2c(=O)c1CC(=O)NCC1(C(=O)O)CCCCC1. The molecule has 2 aromatic rings. The fraction of sp³-hybridized carbons (Fsp3) is 0.529. The van der Waals surface area contributed by atoms with Gasteiger partial charge in [0.15, 0.2) is 5.65 Å². The molecule has 8 nitrogen and oxygen atoms in total. The molecule has 8 heteroatoms. The predicted molar refractivity (Wildman–Crippen MR) is 90.4 cm³/mol. The zero-order valence-corrected chi connectivity index (χ0v) is 14.2. The van der Waals surface area contributed by atoms with Crippen LogP contribution in [0.1, 0.15) is 43.4 Å². The molecule has 0 atom stereocenters. The second kappa shape index (κ2) is 6.70. The number of aromatic amines is 1. The van der Waals surface area contributed by atoms with Crippen molar-refractivity contribution < 1.29 is 14.7 Å². The zero-order chi connectivity index (χ0) is 18.0. The molecule has 0 spiro atoms. The number of carboxylic acids is 1. The van der Waals surface area contributed by atoms with Crippen LogP contribution in [0.15, 0.2) is 17.1 Å². The third-order valence-electron chi connectivity index (χ3n) is 5.07. The molecular weight excluding hydrogens is 324 g/mol. The first-order valence-electron chi connectivity index (χ1n) is 8.49. The van der Waals surface area contributed by atoms with Gasteiger partial charge in [-0.1, -0.05) is 19.3 Å². The van der Waals surface area contributed by atoms with Crippen molar-refractivity contribution in [3.63, 3.8) is 0 Å². The van der Waals surface area contributed by atoms with E-state index in [1.165, 1.54) is 4.52 Å². The number of carbonyl (C=O) groups is 2. The standard InChI is InChI=1S/C17H22N4O4/c1-11-12(15(23)21-13(20-11)5-8-19-21)9-14(22)18-10-17(16(24)25)6-3-2-4-7-17/h5,8,19H,2-4,6-7,9-10H2,1H3,(H,18,22)(H,24,25). The zero-order valence-electron chi connectivity index (χ0n) is 14.2. The number of H-pyrrole nitrogens is 1. The van der Waals surface area contributed by atoms with Gasteiger partial charge < -0.3 is 10.4 Å². The predicted octanol–water partition coefficient (Wildman–Crippen LogP) is 1.02. The van der Waals surface area contributed by atoms with Crippen LogP contribution in [0.5, 0.6) is 0 Å². The van der Waals surface area contributed by atoms with Gasteiger partial charge in [-0.15, -0.1) is 0 Å². The smallest absolute Gasteiger partial charge is 0.311 e. The summed E-state index contributed by atoms with van der Waals surface area (Å²) in [6.45, 7) is 1.79. The minimum Gasteiger partial charge on any atom is -0.481 e. The molecule has 1 aliphatic rings. The van der Waals surface area contributed by atoms with E-state index in [2.05, 4.69) is 15.4 Å². The topological polar surface area (TPSA) is 117 Å². The number of aryl methyl sites for hydroxylation is 1. The summed E-state index contributed by atoms with van der Waals surface area (Å²) in [5.74, 6) is -1.22. The van der Waals surface area contributed by atoms with Gasteiger partial charge in [0.05, 0.1) is 11.8 Å². The summed E-state index contributed by atoms with van der Waals surface area (Å²) >= 11 is 0. The molecule has 0 bridgehead atoms. The van der Waals surface area contributed by atoms with Crippen LogP contribution in [0.4, 0.5) is 0 Å². The highest BCUT2D eigenvalue weighted by molar-refractivity contribution is 5.81. The number of hydrogen-bond donors (Lipinski definition) is 3. The Hall–Kier alpha value is -2.64. The van der Waals surface area contributed by atoms with Gasteiger partial charge in [-0.05, 0) is 19.8 Å². The van der Waals surface area contributed by atoms with Crippen LogP contribution in [-0.4, -0.2) is 38.1 Å². The van der Waals surface area contributed by atoms with E-state index in [0.29, 0.717) is 29.7 Å². The van der Waals surface area contributed by atoms with E-state index in [9.17, 15) is 19.5 Å². The van der Waals surface area contributed by atoms with Gasteiger partial charge in [0.1, 0.15) is 0 Å². The molecular formula is C17H22N4O4. The summed E-state index contributed by atoms with van der Waals surface area (Å²) in [6.07, 6.45) is 5.37. The molecule has 0 unspecified atom stereocenters. The van der Waals surface area contributed by atoms with E-state index in [-0.39, 0.29) is 24.4 Å². The summed E-state index contributed by atoms with van der Waals surface area (Å²) in [6, 6.07) is 1.68. The normalized spacial score (nSPS) is 16.7. The maximum atomic E-state index is 12.4. The Morgan fingerprint density at radius 2 is 2.08 bits per heavy atom. The monoisotopic (exact) mass is 346 g/mol. The lowest BCUT2D eigenvalue weighted by atomic mass is 9.74. The molecule has 0 aromatic carbocycles. The summed E-state index contributed by atoms with van der Waals surface area (Å²) in [5.41, 5.74) is 0.113. The Morgan fingerprint density at radius 3 is 2.76 bits per heavy atom. The first-order chi connectivity index (χ1) is 11.9. The van der Waals surface area contributed by atoms with Crippen LogP contribution < -0.4 is 10.9 Å². The highest BCUT2D eigenvalue weighted by atomic mass is 16.4. The van der Waals surface area contributed by atoms with E-state index in [4.69, 9.17) is 0 Å². The van der Waals surface area contributed by atoms with E-state index in [1.54, 1.807) is 19.2 Å². The first-order valence-corrected chi connectivity index (χ1v) is 8.49. The van der Waals surface area contributed by atoms with Gasteiger partial charge >= 0.3 is 5.97 Å². The van der Waals surface area contributed by atoms with Gasteiger partial charge in [0.2, 0.25) is 5.91 Å². The summed E-state index contributed by atoms with van der Waals surface area (Å²) in [5, 5.41) is 15.0. The molecule has 134 valence electrons. The van der Waals surface area contributed by atoms with Crippen LogP contribution >= 0.6 is 0 Å². The van der Waals surface area contributed by atoms with E-state index >= 15 is 0 Å². The van der Waals surface area contributed by atoms with Gasteiger partial charge in [-0.2, -0.15) is 0 Å². The Bertz CT molecular complexity index is 861. The molecule has 0 aliphatic heterocycles. The van der Waals surface area contributed by atoms with Crippen molar-refractivity contribution in [2.24, 2.45) is 5.41 Å². The number of rotatable bonds is 5. The number of amides is 1. The summed E-state index contributed by atoms with van der Waals surface area (Å²) in [7, 11) is 0. The lowest BCUT2D eigenvalue weighted by molar-refractivity contribution is -0.151. The van der Waals surface area contributed by atoms with Crippen molar-refractivity contribution >= 4 is 17.5 Å². The fourth-order valence-electron chi connectivity index (χ4n) is 3.50. The Kier molecular flexibility index (Phi) is 4.61. The second-order valence-electron chi connectivity index (χ2n) is 6.74. The average molecular weight is 346 g/mol. The number of carbonyl (C=O) groups excluding carboxylic acids is 1. The quantitative estimate of drug-likeness (QED) is 0.747.